The van der Waals surface area contributed by atoms with Crippen molar-refractivity contribution < 1.29 is 22.8 Å². The van der Waals surface area contributed by atoms with Crippen molar-refractivity contribution in [1.82, 2.24) is 15.2 Å². The number of hydrogen-bond acceptors (Lipinski definition) is 5. The number of nitrogens with one attached hydrogen (secondary N) is 2. The van der Waals surface area contributed by atoms with E-state index in [2.05, 4.69) is 5.43 Å². The Morgan fingerprint density at radius 2 is 1.75 bits per heavy atom. The van der Waals surface area contributed by atoms with Gasteiger partial charge in [-0.2, -0.15) is 0 Å². The molecule has 0 bridgehead atoms. The minimum atomic E-state index is -3.58. The zero-order valence-electron chi connectivity index (χ0n) is 15.3. The highest BCUT2D eigenvalue weighted by Crippen LogP contribution is 2.25. The Labute approximate surface area is 144 Å². The fraction of sp³-hybridized carbons (Fsp3) is 0.800. The van der Waals surface area contributed by atoms with Crippen LogP contribution in [0.3, 0.4) is 0 Å². The predicted molar refractivity (Wildman–Crippen MR) is 91.3 cm³/mol. The maximum Gasteiger partial charge on any atom is 0.291 e. The van der Waals surface area contributed by atoms with Gasteiger partial charge in [0.25, 0.3) is 11.8 Å². The van der Waals surface area contributed by atoms with E-state index in [9.17, 15) is 22.8 Å². The van der Waals surface area contributed by atoms with Crippen molar-refractivity contribution in [3.63, 3.8) is 0 Å². The lowest BCUT2D eigenvalue weighted by Gasteiger charge is -2.27. The van der Waals surface area contributed by atoms with E-state index in [4.69, 9.17) is 0 Å². The van der Waals surface area contributed by atoms with Gasteiger partial charge < -0.3 is 4.90 Å². The van der Waals surface area contributed by atoms with Crippen LogP contribution in [0, 0.1) is 5.41 Å². The van der Waals surface area contributed by atoms with E-state index in [1.807, 2.05) is 25.6 Å². The summed E-state index contributed by atoms with van der Waals surface area (Å²) < 4.78 is 22.0. The van der Waals surface area contributed by atoms with Gasteiger partial charge in [0.15, 0.2) is 0 Å². The number of rotatable bonds is 6. The Bertz CT molecular complexity index is 572. The van der Waals surface area contributed by atoms with E-state index in [0.717, 1.165) is 6.26 Å². The first-order valence-corrected chi connectivity index (χ1v) is 10.0. The van der Waals surface area contributed by atoms with Crippen molar-refractivity contribution in [2.75, 3.05) is 12.8 Å². The molecule has 24 heavy (non-hydrogen) atoms. The van der Waals surface area contributed by atoms with Gasteiger partial charge in [0.2, 0.25) is 15.8 Å². The van der Waals surface area contributed by atoms with Crippen LogP contribution in [0.4, 0.5) is 0 Å². The highest BCUT2D eigenvalue weighted by Gasteiger charge is 2.41. The molecule has 1 heterocycles. The second-order valence-electron chi connectivity index (χ2n) is 6.09. The van der Waals surface area contributed by atoms with Crippen molar-refractivity contribution in [2.45, 2.75) is 59.9 Å². The SMILES string of the molecule is CC.CCC(C)(C)C(=O)C(=O)N1CCC[C@H]1C(=O)NNS(C)(=O)=O. The fourth-order valence-corrected chi connectivity index (χ4v) is 2.38. The molecule has 1 atom stereocenters. The summed E-state index contributed by atoms with van der Waals surface area (Å²) in [7, 11) is -3.58. The van der Waals surface area contributed by atoms with E-state index in [-0.39, 0.29) is 0 Å². The number of carbonyl (C=O) groups excluding carboxylic acids is 3. The Balaban J connectivity index is 0.00000254. The summed E-state index contributed by atoms with van der Waals surface area (Å²) in [4.78, 5) is 39.7. The number of hydrazine groups is 1. The van der Waals surface area contributed by atoms with Crippen LogP contribution in [0.5, 0.6) is 0 Å². The molecule has 2 N–H and O–H groups in total. The lowest BCUT2D eigenvalue weighted by Crippen LogP contribution is -2.53. The molecule has 0 radical (unpaired) electrons. The maximum atomic E-state index is 12.3. The third-order valence-corrected chi connectivity index (χ3v) is 4.34. The molecule has 0 aliphatic carbocycles. The first-order valence-electron chi connectivity index (χ1n) is 8.11. The summed E-state index contributed by atoms with van der Waals surface area (Å²) >= 11 is 0. The number of sulfonamides is 1. The smallest absolute Gasteiger partial charge is 0.291 e. The number of likely N-dealkylation sites (tertiary alicyclic amines) is 1. The fourth-order valence-electron chi connectivity index (χ4n) is 2.09. The summed E-state index contributed by atoms with van der Waals surface area (Å²) in [6.45, 7) is 9.49. The van der Waals surface area contributed by atoms with Crippen molar-refractivity contribution in [2.24, 2.45) is 5.41 Å². The highest BCUT2D eigenvalue weighted by molar-refractivity contribution is 7.88. The van der Waals surface area contributed by atoms with Crippen LogP contribution in [0.25, 0.3) is 0 Å². The average molecular weight is 363 g/mol. The molecule has 0 unspecified atom stereocenters. The van der Waals surface area contributed by atoms with Crippen LogP contribution in [-0.2, 0) is 24.4 Å². The number of hydrogen-bond donors (Lipinski definition) is 2. The van der Waals surface area contributed by atoms with Crippen LogP contribution in [0.2, 0.25) is 0 Å². The minimum Gasteiger partial charge on any atom is -0.324 e. The lowest BCUT2D eigenvalue weighted by atomic mass is 9.84. The zero-order valence-corrected chi connectivity index (χ0v) is 16.1. The van der Waals surface area contributed by atoms with Crippen LogP contribution in [0.15, 0.2) is 0 Å². The standard InChI is InChI=1S/C13H23N3O5S.C2H6/c1-5-13(2,3)10(17)12(19)16-8-6-7-9(16)11(18)14-15-22(4,20)21;1-2/h9,15H,5-8H2,1-4H3,(H,14,18);1-2H3/t9-;/m0./s1. The number of Topliss-reactive ketones (excluding diaryl/α,β-unsaturated/α-hetero) is 1. The summed E-state index contributed by atoms with van der Waals surface area (Å²) in [5, 5.41) is 0. The third kappa shape index (κ3) is 6.20. The minimum absolute atomic E-state index is 0.307. The second-order valence-corrected chi connectivity index (χ2v) is 7.84. The molecule has 0 aromatic carbocycles. The van der Waals surface area contributed by atoms with Gasteiger partial charge in [-0.05, 0) is 19.3 Å². The van der Waals surface area contributed by atoms with Gasteiger partial charge in [-0.15, -0.1) is 4.83 Å². The Kier molecular flexibility index (Phi) is 8.56. The van der Waals surface area contributed by atoms with Crippen molar-refractivity contribution in [1.29, 1.82) is 0 Å². The van der Waals surface area contributed by atoms with Crippen molar-refractivity contribution in [3.8, 4) is 0 Å². The normalized spacial score (nSPS) is 17.8. The molecule has 140 valence electrons. The van der Waals surface area contributed by atoms with E-state index < -0.39 is 39.1 Å². The van der Waals surface area contributed by atoms with Crippen molar-refractivity contribution in [3.05, 3.63) is 0 Å². The number of ketones is 1. The summed E-state index contributed by atoms with van der Waals surface area (Å²) in [5.74, 6) is -1.87. The molecule has 8 nitrogen and oxygen atoms in total. The van der Waals surface area contributed by atoms with E-state index in [1.165, 1.54) is 4.90 Å². The quantitative estimate of drug-likeness (QED) is 0.530. The number of carbonyl (C=O) groups is 3. The molecule has 0 aromatic heterocycles. The Morgan fingerprint density at radius 1 is 1.21 bits per heavy atom. The molecule has 0 aromatic rings. The highest BCUT2D eigenvalue weighted by atomic mass is 32.2. The van der Waals surface area contributed by atoms with Gasteiger partial charge in [0, 0.05) is 12.0 Å². The number of nitrogens with zero attached hydrogens (tertiary/aromatic N) is 1. The first-order chi connectivity index (χ1) is 11.0. The number of amides is 2. The summed E-state index contributed by atoms with van der Waals surface area (Å²) in [5.41, 5.74) is 1.27. The molecular formula is C15H29N3O5S. The average Bonchev–Trinajstić information content (AvgIpc) is 3.01. The van der Waals surface area contributed by atoms with Gasteiger partial charge in [0.1, 0.15) is 6.04 Å². The topological polar surface area (TPSA) is 113 Å². The van der Waals surface area contributed by atoms with Gasteiger partial charge in [-0.25, -0.2) is 8.42 Å². The lowest BCUT2D eigenvalue weighted by molar-refractivity contribution is -0.151. The third-order valence-electron chi connectivity index (χ3n) is 3.87. The molecule has 2 amide bonds. The van der Waals surface area contributed by atoms with Crippen molar-refractivity contribution >= 4 is 27.6 Å². The molecule has 0 spiro atoms. The second kappa shape index (κ2) is 9.12. The van der Waals surface area contributed by atoms with E-state index in [0.29, 0.717) is 25.8 Å². The largest absolute Gasteiger partial charge is 0.324 e. The van der Waals surface area contributed by atoms with E-state index >= 15 is 0 Å². The molecule has 1 aliphatic rings. The molecule has 1 fully saturated rings. The first kappa shape index (κ1) is 22.5. The Morgan fingerprint density at radius 3 is 2.21 bits per heavy atom. The molecule has 1 rings (SSSR count). The Hall–Kier alpha value is -1.48. The van der Waals surface area contributed by atoms with Crippen LogP contribution in [0.1, 0.15) is 53.9 Å². The molecule has 1 aliphatic heterocycles. The van der Waals surface area contributed by atoms with E-state index in [1.54, 1.807) is 13.8 Å². The zero-order chi connectivity index (χ0) is 19.1. The summed E-state index contributed by atoms with van der Waals surface area (Å²) in [6, 6.07) is -0.835. The monoisotopic (exact) mass is 363 g/mol. The van der Waals surface area contributed by atoms with Gasteiger partial charge in [-0.3, -0.25) is 19.8 Å². The predicted octanol–water partition coefficient (Wildman–Crippen LogP) is 0.589. The van der Waals surface area contributed by atoms with Crippen LogP contribution < -0.4 is 10.3 Å². The molecule has 9 heteroatoms. The van der Waals surface area contributed by atoms with Gasteiger partial charge >= 0.3 is 0 Å². The van der Waals surface area contributed by atoms with Crippen LogP contribution in [-0.4, -0.2) is 49.8 Å². The summed E-state index contributed by atoms with van der Waals surface area (Å²) in [6.07, 6.45) is 2.39. The molecule has 0 saturated carbocycles. The molecule has 1 saturated heterocycles. The van der Waals surface area contributed by atoms with Gasteiger partial charge in [0.05, 0.1) is 6.26 Å². The maximum absolute atomic E-state index is 12.3. The van der Waals surface area contributed by atoms with Crippen LogP contribution >= 0.6 is 0 Å². The molecular weight excluding hydrogens is 334 g/mol. The van der Waals surface area contributed by atoms with Gasteiger partial charge in [-0.1, -0.05) is 34.6 Å².